The van der Waals surface area contributed by atoms with Crippen LogP contribution in [0.3, 0.4) is 0 Å². The molecule has 0 fully saturated rings. The zero-order valence-electron chi connectivity index (χ0n) is 26.9. The lowest BCUT2D eigenvalue weighted by Crippen LogP contribution is -1.90. The normalized spacial score (nSPS) is 11.6. The summed E-state index contributed by atoms with van der Waals surface area (Å²) >= 11 is 0. The lowest BCUT2D eigenvalue weighted by molar-refractivity contribution is 0.668. The van der Waals surface area contributed by atoms with Gasteiger partial charge in [0, 0.05) is 33.9 Å². The van der Waals surface area contributed by atoms with Gasteiger partial charge in [0.15, 0.2) is 0 Å². The molecule has 0 saturated heterocycles. The second-order valence-corrected chi connectivity index (χ2v) is 12.6. The molecule has 10 aromatic rings. The summed E-state index contributed by atoms with van der Waals surface area (Å²) in [4.78, 5) is 9.48. The molecule has 0 unspecified atom stereocenters. The van der Waals surface area contributed by atoms with Crippen molar-refractivity contribution in [1.29, 1.82) is 0 Å². The Morgan fingerprint density at radius 3 is 1.12 bits per heavy atom. The molecule has 4 nitrogen and oxygen atoms in total. The summed E-state index contributed by atoms with van der Waals surface area (Å²) < 4.78 is 12.1. The van der Waals surface area contributed by atoms with E-state index in [4.69, 9.17) is 18.8 Å². The van der Waals surface area contributed by atoms with Crippen molar-refractivity contribution in [3.05, 3.63) is 170 Å². The first-order valence-electron chi connectivity index (χ1n) is 16.7. The Morgan fingerprint density at radius 1 is 0.280 bits per heavy atom. The van der Waals surface area contributed by atoms with Crippen molar-refractivity contribution < 1.29 is 8.83 Å². The number of rotatable bonds is 5. The summed E-state index contributed by atoms with van der Waals surface area (Å²) in [6, 6.07) is 54.9. The van der Waals surface area contributed by atoms with Crippen molar-refractivity contribution in [2.24, 2.45) is 0 Å². The summed E-state index contributed by atoms with van der Waals surface area (Å²) in [7, 11) is 0. The molecule has 0 atom stereocenters. The van der Waals surface area contributed by atoms with Gasteiger partial charge in [-0.2, -0.15) is 0 Å². The fraction of sp³-hybridized carbons (Fsp3) is 0. The van der Waals surface area contributed by atoms with Gasteiger partial charge in [-0.25, -0.2) is 0 Å². The maximum atomic E-state index is 6.06. The van der Waals surface area contributed by atoms with E-state index in [1.807, 2.05) is 36.7 Å². The molecule has 234 valence electrons. The first-order valence-corrected chi connectivity index (χ1v) is 16.7. The number of pyridine rings is 2. The lowest BCUT2D eigenvalue weighted by atomic mass is 9.97. The maximum absolute atomic E-state index is 6.06. The molecule has 10 rings (SSSR count). The molecule has 4 heteroatoms. The third-order valence-electron chi connectivity index (χ3n) is 9.59. The molecule has 4 aromatic heterocycles. The molecule has 6 aromatic carbocycles. The summed E-state index contributed by atoms with van der Waals surface area (Å²) in [6.07, 6.45) is 3.73. The average molecular weight is 641 g/mol. The highest BCUT2D eigenvalue weighted by molar-refractivity contribution is 6.07. The highest BCUT2D eigenvalue weighted by Crippen LogP contribution is 2.36. The van der Waals surface area contributed by atoms with E-state index in [2.05, 4.69) is 133 Å². The van der Waals surface area contributed by atoms with Crippen LogP contribution in [0.1, 0.15) is 0 Å². The quantitative estimate of drug-likeness (QED) is 0.188. The van der Waals surface area contributed by atoms with Crippen LogP contribution in [0.2, 0.25) is 0 Å². The Labute approximate surface area is 287 Å². The molecule has 0 aliphatic carbocycles. The van der Waals surface area contributed by atoms with Crippen LogP contribution in [-0.4, -0.2) is 9.97 Å². The Kier molecular flexibility index (Phi) is 6.46. The smallest absolute Gasteiger partial charge is 0.135 e. The van der Waals surface area contributed by atoms with Gasteiger partial charge in [-0.15, -0.1) is 0 Å². The van der Waals surface area contributed by atoms with Crippen molar-refractivity contribution >= 4 is 43.9 Å². The van der Waals surface area contributed by atoms with Gasteiger partial charge in [-0.1, -0.05) is 84.9 Å². The van der Waals surface area contributed by atoms with Crippen LogP contribution < -0.4 is 0 Å². The van der Waals surface area contributed by atoms with Crippen LogP contribution in [0.5, 0.6) is 0 Å². The van der Waals surface area contributed by atoms with Crippen molar-refractivity contribution in [3.8, 4) is 55.9 Å². The topological polar surface area (TPSA) is 52.1 Å². The summed E-state index contributed by atoms with van der Waals surface area (Å²) in [5, 5.41) is 4.51. The van der Waals surface area contributed by atoms with E-state index in [1.54, 1.807) is 0 Å². The molecule has 0 aliphatic rings. The number of hydrogen-bond acceptors (Lipinski definition) is 4. The molecule has 50 heavy (non-hydrogen) atoms. The summed E-state index contributed by atoms with van der Waals surface area (Å²) in [5.41, 5.74) is 14.3. The molecule has 4 heterocycles. The summed E-state index contributed by atoms with van der Waals surface area (Å²) in [5.74, 6) is 0. The van der Waals surface area contributed by atoms with Crippen molar-refractivity contribution in [2.75, 3.05) is 0 Å². The number of para-hydroxylation sites is 2. The van der Waals surface area contributed by atoms with Crippen LogP contribution in [0.15, 0.2) is 179 Å². The van der Waals surface area contributed by atoms with Crippen LogP contribution >= 0.6 is 0 Å². The Balaban J connectivity index is 0.968. The zero-order chi connectivity index (χ0) is 33.0. The standard InChI is InChI=1S/C46H28N2O2/c1-3-13-43-37(11-1)39-25-33(15-17-45(39)49-43)29-7-5-9-31(23-29)35-19-21-47-41(27-35)42-28-36(20-22-48-42)32-10-6-8-30(24-32)34-16-18-46-40(26-34)38-12-2-4-14-44(38)50-46/h1-28H. The van der Waals surface area contributed by atoms with E-state index in [0.29, 0.717) is 0 Å². The van der Waals surface area contributed by atoms with Gasteiger partial charge in [0.2, 0.25) is 0 Å². The second kappa shape index (κ2) is 11.4. The Bertz CT molecular complexity index is 2700. The molecule has 0 saturated carbocycles. The van der Waals surface area contributed by atoms with Gasteiger partial charge in [-0.3, -0.25) is 9.97 Å². The number of furan rings is 2. The number of benzene rings is 6. The predicted molar refractivity (Wildman–Crippen MR) is 204 cm³/mol. The van der Waals surface area contributed by atoms with E-state index in [1.165, 1.54) is 0 Å². The molecule has 0 aliphatic heterocycles. The molecular weight excluding hydrogens is 613 g/mol. The Hall–Kier alpha value is -6.78. The van der Waals surface area contributed by atoms with E-state index >= 15 is 0 Å². The molecule has 0 amide bonds. The van der Waals surface area contributed by atoms with Crippen molar-refractivity contribution in [2.45, 2.75) is 0 Å². The number of aromatic nitrogens is 2. The predicted octanol–water partition coefficient (Wildman–Crippen LogP) is 12.6. The van der Waals surface area contributed by atoms with Crippen molar-refractivity contribution in [1.82, 2.24) is 9.97 Å². The highest BCUT2D eigenvalue weighted by atomic mass is 16.3. The first-order chi connectivity index (χ1) is 24.7. The maximum Gasteiger partial charge on any atom is 0.135 e. The van der Waals surface area contributed by atoms with Crippen molar-refractivity contribution in [3.63, 3.8) is 0 Å². The number of hydrogen-bond donors (Lipinski definition) is 0. The highest BCUT2D eigenvalue weighted by Gasteiger charge is 2.12. The molecule has 0 N–H and O–H groups in total. The van der Waals surface area contributed by atoms with E-state index in [0.717, 1.165) is 99.8 Å². The van der Waals surface area contributed by atoms with E-state index in [9.17, 15) is 0 Å². The minimum Gasteiger partial charge on any atom is -0.456 e. The van der Waals surface area contributed by atoms with Crippen LogP contribution in [0, 0.1) is 0 Å². The SMILES string of the molecule is c1cc(-c2ccnc(-c3cc(-c4cccc(-c5ccc6oc7ccccc7c6c5)c4)ccn3)c2)cc(-c2ccc3oc4ccccc4c3c2)c1. The van der Waals surface area contributed by atoms with Crippen LogP contribution in [-0.2, 0) is 0 Å². The number of fused-ring (bicyclic) bond motifs is 6. The third kappa shape index (κ3) is 4.85. The molecule has 0 radical (unpaired) electrons. The van der Waals surface area contributed by atoms with Gasteiger partial charge in [-0.05, 0) is 117 Å². The summed E-state index contributed by atoms with van der Waals surface area (Å²) in [6.45, 7) is 0. The number of nitrogens with zero attached hydrogens (tertiary/aromatic N) is 2. The lowest BCUT2D eigenvalue weighted by Gasteiger charge is -2.10. The molecule has 0 spiro atoms. The van der Waals surface area contributed by atoms with Gasteiger partial charge in [0.25, 0.3) is 0 Å². The Morgan fingerprint density at radius 2 is 0.660 bits per heavy atom. The minimum atomic E-state index is 0.828. The second-order valence-electron chi connectivity index (χ2n) is 12.6. The fourth-order valence-electron chi connectivity index (χ4n) is 7.07. The monoisotopic (exact) mass is 640 g/mol. The third-order valence-corrected chi connectivity index (χ3v) is 9.59. The van der Waals surface area contributed by atoms with Crippen LogP contribution in [0.4, 0.5) is 0 Å². The van der Waals surface area contributed by atoms with Gasteiger partial charge in [0.1, 0.15) is 22.3 Å². The van der Waals surface area contributed by atoms with Gasteiger partial charge >= 0.3 is 0 Å². The van der Waals surface area contributed by atoms with Gasteiger partial charge < -0.3 is 8.83 Å². The first kappa shape index (κ1) is 28.3. The molecular formula is C46H28N2O2. The fourth-order valence-corrected chi connectivity index (χ4v) is 7.07. The van der Waals surface area contributed by atoms with Gasteiger partial charge in [0.05, 0.1) is 11.4 Å². The largest absolute Gasteiger partial charge is 0.456 e. The zero-order valence-corrected chi connectivity index (χ0v) is 26.9. The molecule has 0 bridgehead atoms. The minimum absolute atomic E-state index is 0.828. The van der Waals surface area contributed by atoms with Crippen LogP contribution in [0.25, 0.3) is 99.8 Å². The average Bonchev–Trinajstić information content (AvgIpc) is 3.76. The van der Waals surface area contributed by atoms with E-state index < -0.39 is 0 Å². The van der Waals surface area contributed by atoms with E-state index in [-0.39, 0.29) is 0 Å².